The molecule has 0 aromatic carbocycles. The zero-order chi connectivity index (χ0) is 16.6. The van der Waals surface area contributed by atoms with Crippen LogP contribution in [0.25, 0.3) is 0 Å². The van der Waals surface area contributed by atoms with Gasteiger partial charge >= 0.3 is 0 Å². The summed E-state index contributed by atoms with van der Waals surface area (Å²) in [5.74, 6) is 0. The van der Waals surface area contributed by atoms with E-state index in [0.717, 1.165) is 0 Å². The summed E-state index contributed by atoms with van der Waals surface area (Å²) >= 11 is 2.14. The molecule has 1 unspecified atom stereocenters. The Morgan fingerprint density at radius 3 is 1.35 bits per heavy atom. The smallest absolute Gasteiger partial charge is 0.118 e. The van der Waals surface area contributed by atoms with Crippen LogP contribution in [0.15, 0.2) is 0 Å². The van der Waals surface area contributed by atoms with Gasteiger partial charge in [-0.3, -0.25) is 5.09 Å². The van der Waals surface area contributed by atoms with E-state index < -0.39 is 16.5 Å². The Morgan fingerprint density at radius 2 is 1.15 bits per heavy atom. The standard InChI is InChI=1S/C14H37N2PSSi2/c1-13(2,3)15-17(18-14(4,5)6)16(19(7,8)9)20(10,11)12/h15H,1-12H3. The minimum absolute atomic E-state index is 0.168. The number of nitrogens with zero attached hydrogens (tertiary/aromatic N) is 1. The first kappa shape index (κ1) is 21.1. The maximum absolute atomic E-state index is 3.95. The third-order valence-corrected chi connectivity index (χ3v) is 19.4. The minimum Gasteiger partial charge on any atom is -0.304 e. The van der Waals surface area contributed by atoms with Gasteiger partial charge in [0.25, 0.3) is 0 Å². The van der Waals surface area contributed by atoms with Gasteiger partial charge in [0.15, 0.2) is 0 Å². The summed E-state index contributed by atoms with van der Waals surface area (Å²) in [6, 6.07) is 0. The Balaban J connectivity index is 5.54. The van der Waals surface area contributed by atoms with E-state index in [4.69, 9.17) is 0 Å². The van der Waals surface area contributed by atoms with E-state index >= 15 is 0 Å². The maximum Gasteiger partial charge on any atom is 0.118 e. The highest BCUT2D eigenvalue weighted by Crippen LogP contribution is 2.60. The van der Waals surface area contributed by atoms with Crippen LogP contribution < -0.4 is 5.09 Å². The van der Waals surface area contributed by atoms with Crippen LogP contribution in [-0.2, 0) is 0 Å². The highest BCUT2D eigenvalue weighted by atomic mass is 32.7. The van der Waals surface area contributed by atoms with Gasteiger partial charge in [-0.2, -0.15) is 0 Å². The van der Waals surface area contributed by atoms with Crippen molar-refractivity contribution in [3.63, 3.8) is 0 Å². The van der Waals surface area contributed by atoms with E-state index in [1.54, 1.807) is 0 Å². The van der Waals surface area contributed by atoms with E-state index in [0.29, 0.717) is 4.75 Å². The molecule has 0 aromatic heterocycles. The SMILES string of the molecule is CC(C)(C)NP(SC(C)(C)C)N([Si](C)(C)C)[Si](C)(C)C. The average molecular weight is 353 g/mol. The zero-order valence-electron chi connectivity index (χ0n) is 15.8. The molecular weight excluding hydrogens is 315 g/mol. The molecule has 0 saturated carbocycles. The molecule has 0 aliphatic carbocycles. The van der Waals surface area contributed by atoms with Crippen molar-refractivity contribution in [1.29, 1.82) is 0 Å². The van der Waals surface area contributed by atoms with E-state index in [9.17, 15) is 0 Å². The van der Waals surface area contributed by atoms with E-state index in [1.807, 2.05) is 0 Å². The normalized spacial score (nSPS) is 16.6. The minimum atomic E-state index is -1.34. The van der Waals surface area contributed by atoms with Gasteiger partial charge in [0.2, 0.25) is 0 Å². The molecule has 0 radical (unpaired) electrons. The zero-order valence-corrected chi connectivity index (χ0v) is 19.5. The van der Waals surface area contributed by atoms with Crippen molar-refractivity contribution in [3.05, 3.63) is 0 Å². The topological polar surface area (TPSA) is 15.3 Å². The second kappa shape index (κ2) is 6.71. The maximum atomic E-state index is 3.95. The summed E-state index contributed by atoms with van der Waals surface area (Å²) in [4.78, 5) is 0. The Bertz CT molecular complexity index is 281. The van der Waals surface area contributed by atoms with E-state index in [1.165, 1.54) is 0 Å². The fraction of sp³-hybridized carbons (Fsp3) is 1.00. The predicted molar refractivity (Wildman–Crippen MR) is 106 cm³/mol. The van der Waals surface area contributed by atoms with Crippen molar-refractivity contribution in [3.8, 4) is 0 Å². The molecule has 6 heteroatoms. The second-order valence-corrected chi connectivity index (χ2v) is 24.4. The molecule has 0 spiro atoms. The van der Waals surface area contributed by atoms with Gasteiger partial charge in [0.05, 0.1) is 7.42 Å². The molecule has 0 aliphatic rings. The van der Waals surface area contributed by atoms with Gasteiger partial charge in [-0.15, -0.1) is 0 Å². The second-order valence-electron chi connectivity index (χ2n) is 9.49. The van der Waals surface area contributed by atoms with Crippen molar-refractivity contribution in [2.45, 2.75) is 91.1 Å². The summed E-state index contributed by atoms with van der Waals surface area (Å²) in [5.41, 5.74) is 0.168. The summed E-state index contributed by atoms with van der Waals surface area (Å²) in [6.45, 7) is 28.8. The predicted octanol–water partition coefficient (Wildman–Crippen LogP) is 6.10. The van der Waals surface area contributed by atoms with Crippen LogP contribution in [0.1, 0.15) is 41.5 Å². The molecule has 1 N–H and O–H groups in total. The Morgan fingerprint density at radius 1 is 0.800 bits per heavy atom. The molecule has 0 saturated heterocycles. The average Bonchev–Trinajstić information content (AvgIpc) is 1.87. The van der Waals surface area contributed by atoms with Gasteiger partial charge < -0.3 is 4.00 Å². The molecule has 0 aliphatic heterocycles. The first-order valence-corrected chi connectivity index (χ1v) is 17.1. The largest absolute Gasteiger partial charge is 0.304 e. The lowest BCUT2D eigenvalue weighted by atomic mass is 10.1. The van der Waals surface area contributed by atoms with Crippen molar-refractivity contribution in [2.24, 2.45) is 0 Å². The third kappa shape index (κ3) is 8.55. The molecule has 0 bridgehead atoms. The molecule has 122 valence electrons. The summed E-state index contributed by atoms with van der Waals surface area (Å²) in [5, 5.41) is 3.95. The van der Waals surface area contributed by atoms with Crippen LogP contribution in [0.2, 0.25) is 39.3 Å². The molecule has 0 heterocycles. The van der Waals surface area contributed by atoms with Gasteiger partial charge in [-0.1, -0.05) is 71.4 Å². The Hall–Kier alpha value is 1.13. The first-order valence-electron chi connectivity index (χ1n) is 7.51. The molecule has 0 fully saturated rings. The molecular formula is C14H37N2PSSi2. The Kier molecular flexibility index (Phi) is 7.09. The molecule has 20 heavy (non-hydrogen) atoms. The first-order chi connectivity index (χ1) is 8.43. The lowest BCUT2D eigenvalue weighted by Gasteiger charge is -2.50. The number of hydrogen-bond donors (Lipinski definition) is 1. The highest BCUT2D eigenvalue weighted by Gasteiger charge is 2.42. The quantitative estimate of drug-likeness (QED) is 0.475. The molecule has 1 atom stereocenters. The number of hydrogen-bond acceptors (Lipinski definition) is 3. The summed E-state index contributed by atoms with van der Waals surface area (Å²) in [7, 11) is -3.04. The molecule has 0 amide bonds. The molecule has 0 aromatic rings. The van der Waals surface area contributed by atoms with Crippen molar-refractivity contribution in [1.82, 2.24) is 9.09 Å². The molecule has 2 nitrogen and oxygen atoms in total. The fourth-order valence-corrected chi connectivity index (χ4v) is 24.1. The van der Waals surface area contributed by atoms with Gasteiger partial charge in [-0.05, 0) is 20.8 Å². The number of nitrogens with one attached hydrogen (secondary N) is 1. The monoisotopic (exact) mass is 352 g/mol. The van der Waals surface area contributed by atoms with Gasteiger partial charge in [-0.25, -0.2) is 0 Å². The third-order valence-electron chi connectivity index (χ3n) is 2.24. The van der Waals surface area contributed by atoms with Gasteiger partial charge in [0, 0.05) is 10.3 Å². The summed E-state index contributed by atoms with van der Waals surface area (Å²) < 4.78 is 3.23. The van der Waals surface area contributed by atoms with Crippen LogP contribution in [0, 0.1) is 0 Å². The fourth-order valence-electron chi connectivity index (χ4n) is 2.21. The Labute approximate surface area is 135 Å². The lowest BCUT2D eigenvalue weighted by molar-refractivity contribution is 0.526. The van der Waals surface area contributed by atoms with Gasteiger partial charge in [0.1, 0.15) is 16.5 Å². The van der Waals surface area contributed by atoms with Crippen molar-refractivity contribution in [2.75, 3.05) is 0 Å². The van der Waals surface area contributed by atoms with Crippen LogP contribution in [0.4, 0.5) is 0 Å². The van der Waals surface area contributed by atoms with Crippen molar-refractivity contribution < 1.29 is 0 Å². The molecule has 0 rings (SSSR count). The van der Waals surface area contributed by atoms with Crippen LogP contribution in [0.5, 0.6) is 0 Å². The highest BCUT2D eigenvalue weighted by molar-refractivity contribution is 8.55. The van der Waals surface area contributed by atoms with Crippen LogP contribution in [0.3, 0.4) is 0 Å². The summed E-state index contributed by atoms with van der Waals surface area (Å²) in [6.07, 6.45) is 0. The lowest BCUT2D eigenvalue weighted by Crippen LogP contribution is -2.58. The van der Waals surface area contributed by atoms with E-state index in [2.05, 4.69) is 101 Å². The number of rotatable bonds is 5. The van der Waals surface area contributed by atoms with Crippen LogP contribution >= 0.6 is 18.8 Å². The van der Waals surface area contributed by atoms with Crippen molar-refractivity contribution >= 4 is 35.3 Å². The van der Waals surface area contributed by atoms with E-state index in [-0.39, 0.29) is 13.0 Å². The van der Waals surface area contributed by atoms with Crippen LogP contribution in [-0.4, -0.2) is 30.8 Å².